The third kappa shape index (κ3) is 2.92. The summed E-state index contributed by atoms with van der Waals surface area (Å²) in [7, 11) is 1.70. The zero-order valence-electron chi connectivity index (χ0n) is 14.3. The van der Waals surface area contributed by atoms with Gasteiger partial charge in [0.15, 0.2) is 0 Å². The Labute approximate surface area is 163 Å². The van der Waals surface area contributed by atoms with Gasteiger partial charge in [0, 0.05) is 5.39 Å². The van der Waals surface area contributed by atoms with Crippen LogP contribution in [0.4, 0.5) is 0 Å². The van der Waals surface area contributed by atoms with Crippen LogP contribution in [0.25, 0.3) is 27.5 Å². The average molecular weight is 380 g/mol. The number of fused-ring (bicyclic) bond motifs is 1. The Morgan fingerprint density at radius 3 is 2.23 bits per heavy atom. The highest BCUT2D eigenvalue weighted by Gasteiger charge is 2.19. The van der Waals surface area contributed by atoms with Crippen molar-refractivity contribution >= 4 is 39.5 Å². The standard InChI is InChI=1S/C23H17Cl2O/c1-26-22-14-13-18(16-8-4-5-10-19(16)22)15-7-2-3-9-17(15)20-11-6-12-21(24)23(20)25/h2-5,7-14H,6H2,1H3. The molecule has 1 nitrogen and oxygen atoms in total. The van der Waals surface area contributed by atoms with Crippen LogP contribution in [0.5, 0.6) is 5.75 Å². The number of methoxy groups -OCH3 is 1. The van der Waals surface area contributed by atoms with Gasteiger partial charge in [-0.05, 0) is 46.6 Å². The monoisotopic (exact) mass is 379 g/mol. The van der Waals surface area contributed by atoms with E-state index < -0.39 is 0 Å². The molecule has 0 atom stereocenters. The van der Waals surface area contributed by atoms with E-state index in [0.717, 1.165) is 45.2 Å². The topological polar surface area (TPSA) is 9.23 Å². The molecule has 0 N–H and O–H groups in total. The number of halogens is 2. The van der Waals surface area contributed by atoms with Gasteiger partial charge in [0.25, 0.3) is 0 Å². The molecule has 0 saturated carbocycles. The normalized spacial score (nSPS) is 14.5. The minimum absolute atomic E-state index is 0.600. The van der Waals surface area contributed by atoms with Crippen LogP contribution in [0, 0.1) is 6.42 Å². The van der Waals surface area contributed by atoms with Crippen LogP contribution in [0.3, 0.4) is 0 Å². The van der Waals surface area contributed by atoms with Gasteiger partial charge in [-0.1, -0.05) is 83.9 Å². The molecule has 3 heteroatoms. The summed E-state index contributed by atoms with van der Waals surface area (Å²) in [5.41, 5.74) is 4.34. The van der Waals surface area contributed by atoms with Gasteiger partial charge in [0.2, 0.25) is 0 Å². The van der Waals surface area contributed by atoms with Crippen molar-refractivity contribution in [3.63, 3.8) is 0 Å². The molecule has 3 aromatic rings. The maximum absolute atomic E-state index is 6.52. The van der Waals surface area contributed by atoms with Gasteiger partial charge in [0.05, 0.1) is 17.2 Å². The Hall–Kier alpha value is -2.22. The summed E-state index contributed by atoms with van der Waals surface area (Å²) in [5, 5.41) is 3.45. The second kappa shape index (κ2) is 7.19. The van der Waals surface area contributed by atoms with Crippen LogP contribution in [0.1, 0.15) is 12.0 Å². The number of hydrogen-bond donors (Lipinski definition) is 0. The van der Waals surface area contributed by atoms with Gasteiger partial charge < -0.3 is 4.74 Å². The molecule has 0 bridgehead atoms. The van der Waals surface area contributed by atoms with Crippen molar-refractivity contribution in [2.45, 2.75) is 6.42 Å². The van der Waals surface area contributed by atoms with E-state index in [2.05, 4.69) is 36.8 Å². The summed E-state index contributed by atoms with van der Waals surface area (Å²) in [6, 6.07) is 20.7. The molecule has 129 valence electrons. The summed E-state index contributed by atoms with van der Waals surface area (Å²) < 4.78 is 5.53. The highest BCUT2D eigenvalue weighted by Crippen LogP contribution is 2.42. The Bertz CT molecular complexity index is 1050. The maximum atomic E-state index is 6.52. The first kappa shape index (κ1) is 17.2. The molecule has 3 aromatic carbocycles. The Kier molecular flexibility index (Phi) is 4.76. The molecule has 0 saturated heterocycles. The Morgan fingerprint density at radius 2 is 1.46 bits per heavy atom. The molecule has 1 radical (unpaired) electrons. The first-order chi connectivity index (χ1) is 12.7. The molecule has 1 aliphatic carbocycles. The van der Waals surface area contributed by atoms with E-state index in [9.17, 15) is 0 Å². The second-order valence-corrected chi connectivity index (χ2v) is 6.91. The molecule has 4 rings (SSSR count). The minimum atomic E-state index is 0.600. The average Bonchev–Trinajstić information content (AvgIpc) is 2.69. The van der Waals surface area contributed by atoms with Crippen LogP contribution in [0.15, 0.2) is 76.8 Å². The molecule has 0 unspecified atom stereocenters. The zero-order valence-corrected chi connectivity index (χ0v) is 15.8. The summed E-state index contributed by atoms with van der Waals surface area (Å²) in [4.78, 5) is 0. The summed E-state index contributed by atoms with van der Waals surface area (Å²) in [6.45, 7) is 0. The summed E-state index contributed by atoms with van der Waals surface area (Å²) in [5.74, 6) is 0.870. The fraction of sp³-hybridized carbons (Fsp3) is 0.0870. The number of hydrogen-bond acceptors (Lipinski definition) is 1. The number of allylic oxidation sites excluding steroid dienone is 4. The van der Waals surface area contributed by atoms with Gasteiger partial charge in [-0.25, -0.2) is 0 Å². The predicted molar refractivity (Wildman–Crippen MR) is 112 cm³/mol. The van der Waals surface area contributed by atoms with Crippen LogP contribution in [-0.2, 0) is 0 Å². The molecule has 0 spiro atoms. The third-order valence-electron chi connectivity index (χ3n) is 4.68. The van der Waals surface area contributed by atoms with Crippen LogP contribution < -0.4 is 4.74 Å². The van der Waals surface area contributed by atoms with E-state index in [1.165, 1.54) is 0 Å². The van der Waals surface area contributed by atoms with Crippen molar-refractivity contribution in [3.8, 4) is 16.9 Å². The maximum Gasteiger partial charge on any atom is 0.126 e. The van der Waals surface area contributed by atoms with E-state index in [-0.39, 0.29) is 0 Å². The first-order valence-corrected chi connectivity index (χ1v) is 9.21. The lowest BCUT2D eigenvalue weighted by Crippen LogP contribution is -1.98. The van der Waals surface area contributed by atoms with Crippen molar-refractivity contribution in [1.82, 2.24) is 0 Å². The Morgan fingerprint density at radius 1 is 0.769 bits per heavy atom. The molecular formula is C23H17Cl2O. The van der Waals surface area contributed by atoms with E-state index in [1.807, 2.05) is 36.4 Å². The van der Waals surface area contributed by atoms with E-state index in [4.69, 9.17) is 27.9 Å². The third-order valence-corrected chi connectivity index (χ3v) is 5.52. The van der Waals surface area contributed by atoms with Crippen molar-refractivity contribution in [3.05, 3.63) is 88.8 Å². The van der Waals surface area contributed by atoms with Crippen molar-refractivity contribution in [2.24, 2.45) is 0 Å². The number of benzene rings is 3. The first-order valence-electron chi connectivity index (χ1n) is 8.45. The lowest BCUT2D eigenvalue weighted by molar-refractivity contribution is 0.420. The minimum Gasteiger partial charge on any atom is -0.496 e. The summed E-state index contributed by atoms with van der Waals surface area (Å²) in [6.07, 6.45) is 4.83. The highest BCUT2D eigenvalue weighted by molar-refractivity contribution is 6.46. The molecule has 26 heavy (non-hydrogen) atoms. The van der Waals surface area contributed by atoms with Crippen molar-refractivity contribution in [2.75, 3.05) is 7.11 Å². The lowest BCUT2D eigenvalue weighted by atomic mass is 9.88. The van der Waals surface area contributed by atoms with Crippen molar-refractivity contribution < 1.29 is 4.74 Å². The lowest BCUT2D eigenvalue weighted by Gasteiger charge is -2.19. The quantitative estimate of drug-likeness (QED) is 0.467. The van der Waals surface area contributed by atoms with E-state index in [1.54, 1.807) is 7.11 Å². The van der Waals surface area contributed by atoms with E-state index in [0.29, 0.717) is 10.1 Å². The molecule has 1 aliphatic rings. The zero-order chi connectivity index (χ0) is 18.1. The molecule has 0 fully saturated rings. The van der Waals surface area contributed by atoms with Crippen LogP contribution in [0.2, 0.25) is 0 Å². The van der Waals surface area contributed by atoms with Gasteiger partial charge in [-0.2, -0.15) is 0 Å². The van der Waals surface area contributed by atoms with Crippen LogP contribution in [-0.4, -0.2) is 7.11 Å². The predicted octanol–water partition coefficient (Wildman–Crippen LogP) is 7.20. The van der Waals surface area contributed by atoms with Gasteiger partial charge in [0.1, 0.15) is 5.75 Å². The second-order valence-electron chi connectivity index (χ2n) is 6.13. The molecular weight excluding hydrogens is 363 g/mol. The molecule has 0 aliphatic heterocycles. The number of ether oxygens (including phenoxy) is 1. The van der Waals surface area contributed by atoms with E-state index >= 15 is 0 Å². The largest absolute Gasteiger partial charge is 0.496 e. The SMILES string of the molecule is COc1ccc(-c2ccccc2C2=C(Cl)C(Cl)=CC[CH]2)c2ccccc12. The van der Waals surface area contributed by atoms with Gasteiger partial charge >= 0.3 is 0 Å². The Balaban J connectivity index is 1.98. The fourth-order valence-corrected chi connectivity index (χ4v) is 3.90. The number of rotatable bonds is 3. The molecule has 0 amide bonds. The van der Waals surface area contributed by atoms with Gasteiger partial charge in [-0.3, -0.25) is 0 Å². The molecule has 0 heterocycles. The summed E-state index contributed by atoms with van der Waals surface area (Å²) >= 11 is 12.8. The fourth-order valence-electron chi connectivity index (χ4n) is 3.45. The van der Waals surface area contributed by atoms with Crippen LogP contribution >= 0.6 is 23.2 Å². The molecule has 0 aromatic heterocycles. The van der Waals surface area contributed by atoms with Gasteiger partial charge in [-0.15, -0.1) is 0 Å². The van der Waals surface area contributed by atoms with Crippen molar-refractivity contribution in [1.29, 1.82) is 0 Å². The highest BCUT2D eigenvalue weighted by atomic mass is 35.5. The smallest absolute Gasteiger partial charge is 0.126 e.